The summed E-state index contributed by atoms with van der Waals surface area (Å²) >= 11 is 10.7. The van der Waals surface area contributed by atoms with Crippen LogP contribution in [0.3, 0.4) is 0 Å². The molecule has 204 valence electrons. The van der Waals surface area contributed by atoms with Gasteiger partial charge in [0.05, 0.1) is 33.8 Å². The van der Waals surface area contributed by atoms with E-state index in [1.54, 1.807) is 0 Å². The summed E-state index contributed by atoms with van der Waals surface area (Å²) in [7, 11) is 0. The minimum atomic E-state index is 0. The number of aromatic nitrogens is 2. The Hall–Kier alpha value is -3.61. The van der Waals surface area contributed by atoms with Gasteiger partial charge < -0.3 is 25.3 Å². The molecule has 0 N–H and O–H groups in total. The maximum atomic E-state index is 5.37. The summed E-state index contributed by atoms with van der Waals surface area (Å²) in [6, 6.07) is 39.8. The van der Waals surface area contributed by atoms with Gasteiger partial charge in [0.25, 0.3) is 0 Å². The van der Waals surface area contributed by atoms with Crippen LogP contribution in [0.4, 0.5) is 11.4 Å². The van der Waals surface area contributed by atoms with Crippen molar-refractivity contribution in [2.24, 2.45) is 9.98 Å². The van der Waals surface area contributed by atoms with Gasteiger partial charge in [0.2, 0.25) is 0 Å². The van der Waals surface area contributed by atoms with Gasteiger partial charge >= 0.3 is 19.5 Å². The predicted molar refractivity (Wildman–Crippen MR) is 180 cm³/mol. The fraction of sp³-hybridized carbons (Fsp3) is 0.0588. The molecule has 0 unspecified atom stereocenters. The first kappa shape index (κ1) is 32.9. The van der Waals surface area contributed by atoms with Gasteiger partial charge in [0, 0.05) is 10.8 Å². The Morgan fingerprint density at radius 1 is 0.500 bits per heavy atom. The normalized spacial score (nSPS) is 11.2. The second kappa shape index (κ2) is 15.6. The van der Waals surface area contributed by atoms with Crippen LogP contribution in [0.5, 0.6) is 0 Å². The van der Waals surface area contributed by atoms with E-state index < -0.39 is 0 Å². The second-order valence-corrected chi connectivity index (χ2v) is 10.1. The molecule has 0 spiro atoms. The second-order valence-electron chi connectivity index (χ2n) is 9.28. The third-order valence-electron chi connectivity index (χ3n) is 6.16. The number of aryl methyl sites for hydroxylation is 2. The fourth-order valence-corrected chi connectivity index (χ4v) is 4.40. The van der Waals surface area contributed by atoms with Gasteiger partial charge in [-0.3, -0.25) is 9.98 Å². The molecule has 0 bridgehead atoms. The number of halogens is 1. The summed E-state index contributed by atoms with van der Waals surface area (Å²) in [6.45, 7) is 4.10. The Balaban J connectivity index is 0.000000220. The molecule has 0 atom stereocenters. The first-order valence-corrected chi connectivity index (χ1v) is 13.6. The number of aliphatic imine (C=N–C) groups is 2. The molecule has 6 rings (SSSR count). The van der Waals surface area contributed by atoms with Crippen molar-refractivity contribution < 1.29 is 19.5 Å². The fourth-order valence-electron chi connectivity index (χ4n) is 3.96. The average Bonchev–Trinajstić information content (AvgIpc) is 2.99. The molecule has 0 radical (unpaired) electrons. The number of rotatable bonds is 4. The van der Waals surface area contributed by atoms with Crippen LogP contribution >= 0.6 is 12.4 Å². The number of pyridine rings is 2. The van der Waals surface area contributed by atoms with E-state index in [1.165, 1.54) is 11.1 Å². The largest absolute Gasteiger partial charge is 2.00 e. The molecular formula is C34H27ClN4S2Zn. The van der Waals surface area contributed by atoms with E-state index in [4.69, 9.17) is 25.3 Å². The van der Waals surface area contributed by atoms with Gasteiger partial charge in [0.1, 0.15) is 0 Å². The van der Waals surface area contributed by atoms with Gasteiger partial charge in [-0.15, -0.1) is 12.4 Å². The molecule has 0 saturated heterocycles. The third-order valence-corrected chi connectivity index (χ3v) is 6.77. The van der Waals surface area contributed by atoms with Crippen molar-refractivity contribution in [1.82, 2.24) is 9.97 Å². The number of para-hydroxylation sites is 2. The smallest absolute Gasteiger partial charge is 0.758 e. The summed E-state index contributed by atoms with van der Waals surface area (Å²) in [5.41, 5.74) is 7.47. The van der Waals surface area contributed by atoms with Gasteiger partial charge in [0.15, 0.2) is 0 Å². The average molecular weight is 657 g/mol. The molecule has 4 nitrogen and oxygen atoms in total. The maximum absolute atomic E-state index is 5.37. The molecule has 0 aliphatic rings. The van der Waals surface area contributed by atoms with E-state index in [0.29, 0.717) is 10.1 Å². The van der Waals surface area contributed by atoms with Crippen molar-refractivity contribution in [3.8, 4) is 0 Å². The minimum absolute atomic E-state index is 0. The first-order valence-electron chi connectivity index (χ1n) is 12.8. The SMILES string of the molecule is Cc1ccc(N=C([S-])c2ccc3ccccc3n2)cc1.Cc1ccc(N=C([S-])c2ccc3ccccc3n2)cc1.Cl.[Zn+2]. The van der Waals surface area contributed by atoms with Crippen molar-refractivity contribution in [2.75, 3.05) is 0 Å². The van der Waals surface area contributed by atoms with Crippen LogP contribution in [0.1, 0.15) is 22.5 Å². The van der Waals surface area contributed by atoms with Crippen molar-refractivity contribution in [3.63, 3.8) is 0 Å². The van der Waals surface area contributed by atoms with Gasteiger partial charge in [-0.05, 0) is 62.4 Å². The van der Waals surface area contributed by atoms with Gasteiger partial charge in [-0.25, -0.2) is 9.97 Å². The number of hydrogen-bond acceptors (Lipinski definition) is 6. The zero-order valence-corrected chi connectivity index (χ0v) is 28.7. The van der Waals surface area contributed by atoms with Crippen LogP contribution in [0.2, 0.25) is 0 Å². The molecular weight excluding hydrogens is 629 g/mol. The molecule has 6 aromatic rings. The van der Waals surface area contributed by atoms with Crippen molar-refractivity contribution >= 4 is 80.9 Å². The molecule has 0 saturated carbocycles. The van der Waals surface area contributed by atoms with Gasteiger partial charge in [-0.1, -0.05) is 94.0 Å². The quantitative estimate of drug-likeness (QED) is 0.0825. The molecule has 2 aromatic heterocycles. The van der Waals surface area contributed by atoms with Crippen LogP contribution < -0.4 is 0 Å². The molecule has 4 aromatic carbocycles. The molecule has 0 amide bonds. The molecule has 42 heavy (non-hydrogen) atoms. The summed E-state index contributed by atoms with van der Waals surface area (Å²) < 4.78 is 0. The summed E-state index contributed by atoms with van der Waals surface area (Å²) in [6.07, 6.45) is 0. The van der Waals surface area contributed by atoms with Crippen LogP contribution in [0, 0.1) is 13.8 Å². The van der Waals surface area contributed by atoms with E-state index in [0.717, 1.165) is 44.6 Å². The number of fused-ring (bicyclic) bond motifs is 2. The number of benzene rings is 4. The van der Waals surface area contributed by atoms with E-state index in [1.807, 2.05) is 135 Å². The molecule has 0 aliphatic carbocycles. The van der Waals surface area contributed by atoms with E-state index in [-0.39, 0.29) is 31.9 Å². The van der Waals surface area contributed by atoms with Crippen molar-refractivity contribution in [3.05, 3.63) is 144 Å². The van der Waals surface area contributed by atoms with Crippen molar-refractivity contribution in [2.45, 2.75) is 13.8 Å². The van der Waals surface area contributed by atoms with E-state index in [9.17, 15) is 0 Å². The third kappa shape index (κ3) is 8.70. The monoisotopic (exact) mass is 654 g/mol. The van der Waals surface area contributed by atoms with Crippen LogP contribution in [-0.4, -0.2) is 20.1 Å². The predicted octanol–water partition coefficient (Wildman–Crippen LogP) is 8.76. The zero-order chi connectivity index (χ0) is 27.9. The summed E-state index contributed by atoms with van der Waals surface area (Å²) in [5, 5.41) is 3.24. The number of hydrogen-bond donors (Lipinski definition) is 0. The zero-order valence-electron chi connectivity index (χ0n) is 23.3. The Bertz CT molecular complexity index is 1700. The molecule has 0 fully saturated rings. The summed E-state index contributed by atoms with van der Waals surface area (Å²) in [5.74, 6) is 0. The number of nitrogens with zero attached hydrogens (tertiary/aromatic N) is 4. The van der Waals surface area contributed by atoms with Gasteiger partial charge in [-0.2, -0.15) is 0 Å². The van der Waals surface area contributed by atoms with Crippen molar-refractivity contribution in [1.29, 1.82) is 0 Å². The summed E-state index contributed by atoms with van der Waals surface area (Å²) in [4.78, 5) is 18.0. The van der Waals surface area contributed by atoms with Crippen LogP contribution in [0.15, 0.2) is 131 Å². The Morgan fingerprint density at radius 2 is 0.857 bits per heavy atom. The standard InChI is InChI=1S/2C17H14N2S.ClH.Zn/c2*1-12-6-9-14(10-7-12)18-17(20)16-11-8-13-4-2-3-5-15(13)19-16;;/h2*2-11H,1H3,(H,18,20);1H;/q;;;+2/p-2. The Labute approximate surface area is 276 Å². The maximum Gasteiger partial charge on any atom is 2.00 e. The van der Waals surface area contributed by atoms with Crippen LogP contribution in [0.25, 0.3) is 21.8 Å². The first-order chi connectivity index (χ1) is 19.4. The molecule has 8 heteroatoms. The minimum Gasteiger partial charge on any atom is -0.758 e. The molecule has 2 heterocycles. The van der Waals surface area contributed by atoms with Crippen LogP contribution in [-0.2, 0) is 44.7 Å². The Morgan fingerprint density at radius 3 is 1.24 bits per heavy atom. The van der Waals surface area contributed by atoms with E-state index in [2.05, 4.69) is 20.0 Å². The molecule has 0 aliphatic heterocycles. The van der Waals surface area contributed by atoms with E-state index >= 15 is 0 Å². The Kier molecular flexibility index (Phi) is 12.2. The topological polar surface area (TPSA) is 50.5 Å².